The van der Waals surface area contributed by atoms with Crippen molar-refractivity contribution < 1.29 is 4.39 Å². The lowest BCUT2D eigenvalue weighted by Crippen LogP contribution is -2.17. The molecule has 1 unspecified atom stereocenters. The first-order valence-corrected chi connectivity index (χ1v) is 5.72. The van der Waals surface area contributed by atoms with E-state index in [2.05, 4.69) is 4.98 Å². The number of benzene rings is 1. The number of nitrogens with two attached hydrogens (primary N) is 1. The Labute approximate surface area is 100 Å². The van der Waals surface area contributed by atoms with Gasteiger partial charge in [-0.1, -0.05) is 18.2 Å². The molecule has 1 aromatic heterocycles. The Morgan fingerprint density at radius 2 is 2.18 bits per heavy atom. The predicted molar refractivity (Wildman–Crippen MR) is 64.9 cm³/mol. The Morgan fingerprint density at radius 3 is 2.88 bits per heavy atom. The smallest absolute Gasteiger partial charge is 0.127 e. The van der Waals surface area contributed by atoms with Crippen LogP contribution in [0.5, 0.6) is 0 Å². The van der Waals surface area contributed by atoms with Crippen LogP contribution >= 0.6 is 0 Å². The second-order valence-electron chi connectivity index (χ2n) is 3.96. The van der Waals surface area contributed by atoms with Crippen LogP contribution in [0, 0.1) is 5.82 Å². The molecule has 2 aromatic rings. The van der Waals surface area contributed by atoms with Crippen molar-refractivity contribution in [2.75, 3.05) is 0 Å². The van der Waals surface area contributed by atoms with Crippen LogP contribution in [-0.4, -0.2) is 9.55 Å². The Balaban J connectivity index is 2.17. The normalized spacial score (nSPS) is 12.6. The van der Waals surface area contributed by atoms with Gasteiger partial charge in [0.05, 0.1) is 0 Å². The molecule has 90 valence electrons. The number of nitrogens with zero attached hydrogens (tertiary/aromatic N) is 2. The molecule has 0 fully saturated rings. The predicted octanol–water partition coefficient (Wildman–Crippen LogP) is 2.28. The lowest BCUT2D eigenvalue weighted by Gasteiger charge is -2.13. The van der Waals surface area contributed by atoms with Crippen LogP contribution in [0.15, 0.2) is 36.7 Å². The maximum atomic E-state index is 13.5. The molecule has 17 heavy (non-hydrogen) atoms. The molecule has 1 atom stereocenters. The van der Waals surface area contributed by atoms with Crippen LogP contribution in [-0.2, 0) is 13.0 Å². The molecule has 0 bridgehead atoms. The molecule has 0 aliphatic carbocycles. The van der Waals surface area contributed by atoms with E-state index in [0.717, 1.165) is 12.4 Å². The highest BCUT2D eigenvalue weighted by atomic mass is 19.1. The van der Waals surface area contributed by atoms with Gasteiger partial charge < -0.3 is 10.3 Å². The van der Waals surface area contributed by atoms with Crippen molar-refractivity contribution >= 4 is 0 Å². The standard InChI is InChI=1S/C13H16FN3/c1-2-17-8-7-16-13(17)9-12(15)10-5-3-4-6-11(10)14/h3-8,12H,2,9,15H2,1H3. The first-order chi connectivity index (χ1) is 8.22. The summed E-state index contributed by atoms with van der Waals surface area (Å²) in [5.74, 6) is 0.637. The van der Waals surface area contributed by atoms with E-state index in [1.54, 1.807) is 24.4 Å². The van der Waals surface area contributed by atoms with Gasteiger partial charge in [-0.2, -0.15) is 0 Å². The largest absolute Gasteiger partial charge is 0.335 e. The molecule has 1 aromatic carbocycles. The number of aromatic nitrogens is 2. The lowest BCUT2D eigenvalue weighted by atomic mass is 10.0. The van der Waals surface area contributed by atoms with E-state index < -0.39 is 0 Å². The average molecular weight is 233 g/mol. The van der Waals surface area contributed by atoms with Crippen molar-refractivity contribution in [1.82, 2.24) is 9.55 Å². The fraction of sp³-hybridized carbons (Fsp3) is 0.308. The third kappa shape index (κ3) is 2.53. The second-order valence-corrected chi connectivity index (χ2v) is 3.96. The summed E-state index contributed by atoms with van der Waals surface area (Å²) < 4.78 is 15.6. The van der Waals surface area contributed by atoms with Crippen LogP contribution in [0.2, 0.25) is 0 Å². The molecule has 0 aliphatic rings. The van der Waals surface area contributed by atoms with E-state index >= 15 is 0 Å². The highest BCUT2D eigenvalue weighted by Crippen LogP contribution is 2.18. The number of halogens is 1. The maximum absolute atomic E-state index is 13.5. The summed E-state index contributed by atoms with van der Waals surface area (Å²) in [6, 6.07) is 6.26. The average Bonchev–Trinajstić information content (AvgIpc) is 2.76. The SMILES string of the molecule is CCn1ccnc1CC(N)c1ccccc1F. The van der Waals surface area contributed by atoms with Gasteiger partial charge in [0.25, 0.3) is 0 Å². The number of imidazole rings is 1. The summed E-state index contributed by atoms with van der Waals surface area (Å²) in [5, 5.41) is 0. The molecule has 0 saturated heterocycles. The van der Waals surface area contributed by atoms with Gasteiger partial charge in [0.2, 0.25) is 0 Å². The summed E-state index contributed by atoms with van der Waals surface area (Å²) in [6.07, 6.45) is 4.19. The van der Waals surface area contributed by atoms with Crippen LogP contribution in [0.1, 0.15) is 24.4 Å². The van der Waals surface area contributed by atoms with E-state index in [1.165, 1.54) is 6.07 Å². The Kier molecular flexibility index (Phi) is 3.54. The molecule has 3 nitrogen and oxygen atoms in total. The lowest BCUT2D eigenvalue weighted by molar-refractivity contribution is 0.565. The van der Waals surface area contributed by atoms with Crippen molar-refractivity contribution in [3.63, 3.8) is 0 Å². The molecule has 0 amide bonds. The fourth-order valence-electron chi connectivity index (χ4n) is 1.90. The zero-order valence-electron chi connectivity index (χ0n) is 9.81. The van der Waals surface area contributed by atoms with Gasteiger partial charge in [-0.3, -0.25) is 0 Å². The number of aryl methyl sites for hydroxylation is 1. The minimum atomic E-state index is -0.358. The highest BCUT2D eigenvalue weighted by molar-refractivity contribution is 5.21. The summed E-state index contributed by atoms with van der Waals surface area (Å²) in [7, 11) is 0. The van der Waals surface area contributed by atoms with Gasteiger partial charge >= 0.3 is 0 Å². The number of hydrogen-bond donors (Lipinski definition) is 1. The minimum Gasteiger partial charge on any atom is -0.335 e. The molecule has 0 spiro atoms. The second kappa shape index (κ2) is 5.10. The summed E-state index contributed by atoms with van der Waals surface area (Å²) in [4.78, 5) is 4.24. The zero-order valence-corrected chi connectivity index (χ0v) is 9.81. The van der Waals surface area contributed by atoms with E-state index in [9.17, 15) is 4.39 Å². The van der Waals surface area contributed by atoms with E-state index in [4.69, 9.17) is 5.73 Å². The molecule has 0 saturated carbocycles. The Hall–Kier alpha value is -1.68. The van der Waals surface area contributed by atoms with Crippen LogP contribution in [0.25, 0.3) is 0 Å². The van der Waals surface area contributed by atoms with Gasteiger partial charge in [-0.05, 0) is 13.0 Å². The first-order valence-electron chi connectivity index (χ1n) is 5.72. The quantitative estimate of drug-likeness (QED) is 0.880. The fourth-order valence-corrected chi connectivity index (χ4v) is 1.90. The summed E-state index contributed by atoms with van der Waals surface area (Å²) in [6.45, 7) is 2.89. The Bertz CT molecular complexity index is 493. The number of hydrogen-bond acceptors (Lipinski definition) is 2. The molecule has 4 heteroatoms. The molecular weight excluding hydrogens is 217 g/mol. The van der Waals surface area contributed by atoms with Gasteiger partial charge in [0, 0.05) is 37.0 Å². The Morgan fingerprint density at radius 1 is 1.41 bits per heavy atom. The minimum absolute atomic E-state index is 0.255. The topological polar surface area (TPSA) is 43.8 Å². The van der Waals surface area contributed by atoms with E-state index in [1.807, 2.05) is 17.7 Å². The first kappa shape index (κ1) is 11.8. The third-order valence-electron chi connectivity index (χ3n) is 2.85. The van der Waals surface area contributed by atoms with Crippen LogP contribution in [0.4, 0.5) is 4.39 Å². The molecule has 2 N–H and O–H groups in total. The highest BCUT2D eigenvalue weighted by Gasteiger charge is 2.13. The monoisotopic (exact) mass is 233 g/mol. The van der Waals surface area contributed by atoms with Gasteiger partial charge in [0.15, 0.2) is 0 Å². The van der Waals surface area contributed by atoms with Crippen molar-refractivity contribution in [2.24, 2.45) is 5.73 Å². The van der Waals surface area contributed by atoms with Gasteiger partial charge in [0.1, 0.15) is 11.6 Å². The van der Waals surface area contributed by atoms with E-state index in [0.29, 0.717) is 12.0 Å². The van der Waals surface area contributed by atoms with Crippen LogP contribution < -0.4 is 5.73 Å². The van der Waals surface area contributed by atoms with Gasteiger partial charge in [-0.25, -0.2) is 9.37 Å². The molecular formula is C13H16FN3. The molecule has 1 heterocycles. The molecule has 0 radical (unpaired) electrons. The van der Waals surface area contributed by atoms with Gasteiger partial charge in [-0.15, -0.1) is 0 Å². The van der Waals surface area contributed by atoms with E-state index in [-0.39, 0.29) is 11.9 Å². The zero-order chi connectivity index (χ0) is 12.3. The van der Waals surface area contributed by atoms with Crippen molar-refractivity contribution in [3.8, 4) is 0 Å². The maximum Gasteiger partial charge on any atom is 0.127 e. The van der Waals surface area contributed by atoms with Crippen LogP contribution in [0.3, 0.4) is 0 Å². The third-order valence-corrected chi connectivity index (χ3v) is 2.85. The van der Waals surface area contributed by atoms with Crippen molar-refractivity contribution in [1.29, 1.82) is 0 Å². The summed E-state index contributed by atoms with van der Waals surface area (Å²) in [5.41, 5.74) is 6.56. The number of rotatable bonds is 4. The van der Waals surface area contributed by atoms with Crippen molar-refractivity contribution in [3.05, 3.63) is 53.9 Å². The molecule has 0 aliphatic heterocycles. The van der Waals surface area contributed by atoms with Crippen molar-refractivity contribution in [2.45, 2.75) is 25.9 Å². The summed E-state index contributed by atoms with van der Waals surface area (Å²) >= 11 is 0. The molecule has 2 rings (SSSR count).